The maximum absolute atomic E-state index is 15.2. The first-order valence-corrected chi connectivity index (χ1v) is 11.8. The Labute approximate surface area is 193 Å². The number of nitrogens with zero attached hydrogens (tertiary/aromatic N) is 2. The Hall–Kier alpha value is -2.91. The summed E-state index contributed by atoms with van der Waals surface area (Å²) in [6, 6.07) is 9.21. The van der Waals surface area contributed by atoms with Crippen molar-refractivity contribution in [3.05, 3.63) is 69.4 Å². The van der Waals surface area contributed by atoms with E-state index >= 15 is 4.39 Å². The standard InChI is InChI=1S/C24H23F2N3O3S/c1-3-32-24(31)20-21(30)16-10-17(26)19(28-9-8-27-13(2)12-28)11-18(16)29-22(33-23(20)29)14-4-6-15(25)7-5-14/h4-7,10-11,13,22,27H,3,8-9,12H2,1-2H3. The zero-order valence-corrected chi connectivity index (χ0v) is 19.0. The predicted octanol–water partition coefficient (Wildman–Crippen LogP) is 3.91. The fourth-order valence-electron chi connectivity index (χ4n) is 4.47. The Bertz CT molecular complexity index is 1310. The average molecular weight is 472 g/mol. The molecule has 1 fully saturated rings. The number of hydrogen-bond acceptors (Lipinski definition) is 6. The maximum atomic E-state index is 15.2. The zero-order chi connectivity index (χ0) is 23.3. The third-order valence-corrected chi connectivity index (χ3v) is 7.36. The highest BCUT2D eigenvalue weighted by Crippen LogP contribution is 2.50. The van der Waals surface area contributed by atoms with Crippen LogP contribution in [-0.2, 0) is 4.74 Å². The molecule has 6 nitrogen and oxygen atoms in total. The summed E-state index contributed by atoms with van der Waals surface area (Å²) in [5.74, 6) is -1.58. The molecule has 1 aromatic heterocycles. The van der Waals surface area contributed by atoms with E-state index < -0.39 is 17.2 Å². The number of rotatable bonds is 4. The Morgan fingerprint density at radius 1 is 1.24 bits per heavy atom. The molecule has 0 spiro atoms. The zero-order valence-electron chi connectivity index (χ0n) is 18.2. The van der Waals surface area contributed by atoms with Crippen LogP contribution in [-0.4, -0.2) is 42.8 Å². The van der Waals surface area contributed by atoms with E-state index in [4.69, 9.17) is 4.74 Å². The third-order valence-electron chi connectivity index (χ3n) is 6.03. The van der Waals surface area contributed by atoms with Gasteiger partial charge in [0.25, 0.3) is 0 Å². The van der Waals surface area contributed by atoms with E-state index in [0.29, 0.717) is 29.3 Å². The van der Waals surface area contributed by atoms with Crippen molar-refractivity contribution < 1.29 is 18.3 Å². The second kappa shape index (κ2) is 8.46. The minimum Gasteiger partial charge on any atom is -0.462 e. The molecule has 0 radical (unpaired) electrons. The molecule has 2 atom stereocenters. The highest BCUT2D eigenvalue weighted by molar-refractivity contribution is 8.00. The van der Waals surface area contributed by atoms with Crippen LogP contribution in [0.2, 0.25) is 0 Å². The molecule has 3 heterocycles. The van der Waals surface area contributed by atoms with E-state index in [2.05, 4.69) is 5.32 Å². The van der Waals surface area contributed by atoms with Crippen LogP contribution in [0.3, 0.4) is 0 Å². The Balaban J connectivity index is 1.73. The van der Waals surface area contributed by atoms with Crippen LogP contribution in [0.15, 0.2) is 46.2 Å². The summed E-state index contributed by atoms with van der Waals surface area (Å²) in [5, 5.41) is 3.66. The van der Waals surface area contributed by atoms with Gasteiger partial charge in [0.05, 0.1) is 22.8 Å². The van der Waals surface area contributed by atoms with E-state index in [1.54, 1.807) is 25.1 Å². The first-order valence-electron chi connectivity index (χ1n) is 10.9. The van der Waals surface area contributed by atoms with Gasteiger partial charge in [0, 0.05) is 31.1 Å². The van der Waals surface area contributed by atoms with E-state index in [9.17, 15) is 14.0 Å². The van der Waals surface area contributed by atoms with Crippen LogP contribution >= 0.6 is 11.8 Å². The summed E-state index contributed by atoms with van der Waals surface area (Å²) in [7, 11) is 0. The van der Waals surface area contributed by atoms with Gasteiger partial charge in [-0.3, -0.25) is 4.79 Å². The minimum absolute atomic E-state index is 0.0874. The van der Waals surface area contributed by atoms with Crippen molar-refractivity contribution >= 4 is 34.3 Å². The lowest BCUT2D eigenvalue weighted by Crippen LogP contribution is -2.49. The smallest absolute Gasteiger partial charge is 0.344 e. The summed E-state index contributed by atoms with van der Waals surface area (Å²) >= 11 is 1.34. The molecule has 0 amide bonds. The molecule has 1 saturated heterocycles. The van der Waals surface area contributed by atoms with Crippen molar-refractivity contribution in [2.45, 2.75) is 30.3 Å². The number of esters is 1. The summed E-state index contributed by atoms with van der Waals surface area (Å²) in [5.41, 5.74) is 1.15. The fourth-order valence-corrected chi connectivity index (χ4v) is 5.75. The van der Waals surface area contributed by atoms with Crippen LogP contribution in [0.1, 0.15) is 35.1 Å². The van der Waals surface area contributed by atoms with Crippen molar-refractivity contribution in [2.75, 3.05) is 31.1 Å². The molecule has 1 N–H and O–H groups in total. The number of pyridine rings is 1. The molecule has 5 rings (SSSR count). The van der Waals surface area contributed by atoms with Gasteiger partial charge >= 0.3 is 5.97 Å². The number of thioether (sulfide) groups is 1. The van der Waals surface area contributed by atoms with Crippen LogP contribution in [0.4, 0.5) is 14.5 Å². The Morgan fingerprint density at radius 2 is 2.00 bits per heavy atom. The number of ether oxygens (including phenoxy) is 1. The number of anilines is 1. The molecular formula is C24H23F2N3O3S. The molecular weight excluding hydrogens is 448 g/mol. The molecule has 0 saturated carbocycles. The highest BCUT2D eigenvalue weighted by Gasteiger charge is 2.37. The summed E-state index contributed by atoms with van der Waals surface area (Å²) in [6.45, 7) is 5.83. The van der Waals surface area contributed by atoms with E-state index in [1.807, 2.05) is 16.4 Å². The summed E-state index contributed by atoms with van der Waals surface area (Å²) in [4.78, 5) is 27.9. The minimum atomic E-state index is -0.723. The number of nitrogens with one attached hydrogen (secondary N) is 1. The van der Waals surface area contributed by atoms with Crippen molar-refractivity contribution in [1.82, 2.24) is 9.88 Å². The SMILES string of the molecule is CCOC(=O)c1c2n(c3cc(N4CCNC(C)C4)c(F)cc3c1=O)C(c1ccc(F)cc1)S2. The van der Waals surface area contributed by atoms with Gasteiger partial charge in [-0.2, -0.15) is 0 Å². The number of fused-ring (bicyclic) bond motifs is 3. The van der Waals surface area contributed by atoms with Gasteiger partial charge in [-0.1, -0.05) is 23.9 Å². The van der Waals surface area contributed by atoms with Gasteiger partial charge in [-0.05, 0) is 43.7 Å². The monoisotopic (exact) mass is 471 g/mol. The van der Waals surface area contributed by atoms with Gasteiger partial charge in [0.15, 0.2) is 0 Å². The molecule has 3 aromatic rings. The number of piperazine rings is 1. The lowest BCUT2D eigenvalue weighted by atomic mass is 10.1. The molecule has 9 heteroatoms. The number of hydrogen-bond donors (Lipinski definition) is 1. The van der Waals surface area contributed by atoms with Gasteiger partial charge in [0.2, 0.25) is 5.43 Å². The number of carbonyl (C=O) groups is 1. The lowest BCUT2D eigenvalue weighted by molar-refractivity contribution is 0.0518. The Kier molecular flexibility index (Phi) is 5.62. The fraction of sp³-hybridized carbons (Fsp3) is 0.333. The van der Waals surface area contributed by atoms with Crippen molar-refractivity contribution in [2.24, 2.45) is 0 Å². The number of benzene rings is 2. The molecule has 33 heavy (non-hydrogen) atoms. The van der Waals surface area contributed by atoms with Gasteiger partial charge in [-0.15, -0.1) is 0 Å². The molecule has 2 aromatic carbocycles. The van der Waals surface area contributed by atoms with E-state index in [0.717, 1.165) is 12.1 Å². The van der Waals surface area contributed by atoms with Crippen LogP contribution in [0, 0.1) is 11.6 Å². The second-order valence-electron chi connectivity index (χ2n) is 8.24. The first kappa shape index (κ1) is 21.9. The molecule has 0 bridgehead atoms. The van der Waals surface area contributed by atoms with E-state index in [1.165, 1.54) is 30.0 Å². The summed E-state index contributed by atoms with van der Waals surface area (Å²) in [6.07, 6.45) is 0. The maximum Gasteiger partial charge on any atom is 0.344 e. The first-order chi connectivity index (χ1) is 15.9. The van der Waals surface area contributed by atoms with Crippen LogP contribution in [0.5, 0.6) is 0 Å². The van der Waals surface area contributed by atoms with Gasteiger partial charge in [-0.25, -0.2) is 13.6 Å². The van der Waals surface area contributed by atoms with Crippen molar-refractivity contribution in [1.29, 1.82) is 0 Å². The van der Waals surface area contributed by atoms with Crippen LogP contribution in [0.25, 0.3) is 10.9 Å². The molecule has 2 aliphatic heterocycles. The second-order valence-corrected chi connectivity index (χ2v) is 9.31. The van der Waals surface area contributed by atoms with Crippen LogP contribution < -0.4 is 15.6 Å². The summed E-state index contributed by atoms with van der Waals surface area (Å²) < 4.78 is 35.7. The van der Waals surface area contributed by atoms with Crippen molar-refractivity contribution in [3.63, 3.8) is 0 Å². The number of aromatic nitrogens is 1. The number of halogens is 2. The Morgan fingerprint density at radius 3 is 2.70 bits per heavy atom. The average Bonchev–Trinajstić information content (AvgIpc) is 2.77. The highest BCUT2D eigenvalue weighted by atomic mass is 32.2. The predicted molar refractivity (Wildman–Crippen MR) is 124 cm³/mol. The topological polar surface area (TPSA) is 63.6 Å². The molecule has 2 unspecified atom stereocenters. The molecule has 2 aliphatic rings. The normalized spacial score (nSPS) is 19.8. The molecule has 0 aliphatic carbocycles. The molecule has 172 valence electrons. The van der Waals surface area contributed by atoms with Gasteiger partial charge < -0.3 is 19.5 Å². The number of carbonyl (C=O) groups excluding carboxylic acids is 1. The van der Waals surface area contributed by atoms with Gasteiger partial charge in [0.1, 0.15) is 22.6 Å². The van der Waals surface area contributed by atoms with E-state index in [-0.39, 0.29) is 34.8 Å². The van der Waals surface area contributed by atoms with Crippen molar-refractivity contribution in [3.8, 4) is 0 Å². The largest absolute Gasteiger partial charge is 0.462 e. The third kappa shape index (κ3) is 3.69. The quantitative estimate of drug-likeness (QED) is 0.583. The lowest BCUT2D eigenvalue weighted by Gasteiger charge is -2.37.